The summed E-state index contributed by atoms with van der Waals surface area (Å²) in [5.41, 5.74) is 4.57. The van der Waals surface area contributed by atoms with E-state index < -0.39 is 11.9 Å². The molecule has 1 rings (SSSR count). The van der Waals surface area contributed by atoms with E-state index in [0.29, 0.717) is 25.6 Å². The van der Waals surface area contributed by atoms with Gasteiger partial charge in [-0.2, -0.15) is 13.2 Å². The number of aromatic nitrogens is 2. The fourth-order valence-electron chi connectivity index (χ4n) is 1.25. The molecule has 0 spiro atoms. The number of hydrogen-bond donors (Lipinski definition) is 3. The van der Waals surface area contributed by atoms with Gasteiger partial charge in [-0.1, -0.05) is 6.92 Å². The number of nitrogens with two attached hydrogens (primary N) is 1. The second kappa shape index (κ2) is 7.51. The SMILES string of the molecule is CCCN=C(N)NCCNc1nccc(C(F)(F)F)n1. The van der Waals surface area contributed by atoms with Crippen molar-refractivity contribution in [2.45, 2.75) is 19.5 Å². The maximum atomic E-state index is 12.4. The van der Waals surface area contributed by atoms with Crippen molar-refractivity contribution in [3.05, 3.63) is 18.0 Å². The summed E-state index contributed by atoms with van der Waals surface area (Å²) in [6.45, 7) is 3.33. The molecule has 9 heteroatoms. The van der Waals surface area contributed by atoms with Crippen molar-refractivity contribution in [3.63, 3.8) is 0 Å². The highest BCUT2D eigenvalue weighted by atomic mass is 19.4. The number of guanidine groups is 1. The second-order valence-electron chi connectivity index (χ2n) is 3.88. The normalized spacial score (nSPS) is 12.3. The Morgan fingerprint density at radius 3 is 2.80 bits per heavy atom. The topological polar surface area (TPSA) is 88.2 Å². The van der Waals surface area contributed by atoms with Crippen molar-refractivity contribution in [3.8, 4) is 0 Å². The molecule has 0 amide bonds. The van der Waals surface area contributed by atoms with Gasteiger partial charge in [0, 0.05) is 25.8 Å². The maximum absolute atomic E-state index is 12.4. The quantitative estimate of drug-likeness (QED) is 0.416. The highest BCUT2D eigenvalue weighted by molar-refractivity contribution is 5.77. The minimum Gasteiger partial charge on any atom is -0.370 e. The summed E-state index contributed by atoms with van der Waals surface area (Å²) >= 11 is 0. The third-order valence-corrected chi connectivity index (χ3v) is 2.17. The van der Waals surface area contributed by atoms with Crippen LogP contribution < -0.4 is 16.4 Å². The van der Waals surface area contributed by atoms with Gasteiger partial charge in [0.05, 0.1) is 0 Å². The van der Waals surface area contributed by atoms with E-state index in [1.165, 1.54) is 0 Å². The zero-order valence-electron chi connectivity index (χ0n) is 11.0. The van der Waals surface area contributed by atoms with Crippen LogP contribution in [0, 0.1) is 0 Å². The first kappa shape index (κ1) is 16.0. The van der Waals surface area contributed by atoms with Crippen molar-refractivity contribution in [1.29, 1.82) is 0 Å². The molecule has 4 N–H and O–H groups in total. The number of aliphatic imine (C=N–C) groups is 1. The van der Waals surface area contributed by atoms with E-state index in [2.05, 4.69) is 25.6 Å². The van der Waals surface area contributed by atoms with Crippen LogP contribution in [0.5, 0.6) is 0 Å². The van der Waals surface area contributed by atoms with Gasteiger partial charge in [0.1, 0.15) is 5.69 Å². The molecule has 0 atom stereocenters. The maximum Gasteiger partial charge on any atom is 0.433 e. The van der Waals surface area contributed by atoms with Gasteiger partial charge < -0.3 is 16.4 Å². The van der Waals surface area contributed by atoms with E-state index in [1.54, 1.807) is 0 Å². The van der Waals surface area contributed by atoms with Crippen LogP contribution in [-0.2, 0) is 6.18 Å². The van der Waals surface area contributed by atoms with Crippen molar-refractivity contribution >= 4 is 11.9 Å². The van der Waals surface area contributed by atoms with E-state index in [4.69, 9.17) is 5.73 Å². The van der Waals surface area contributed by atoms with E-state index in [1.807, 2.05) is 6.92 Å². The molecule has 0 saturated heterocycles. The van der Waals surface area contributed by atoms with Gasteiger partial charge in [0.15, 0.2) is 5.96 Å². The summed E-state index contributed by atoms with van der Waals surface area (Å²) in [5, 5.41) is 5.49. The Kier molecular flexibility index (Phi) is 6.01. The number of nitrogens with zero attached hydrogens (tertiary/aromatic N) is 3. The molecule has 0 unspecified atom stereocenters. The minimum absolute atomic E-state index is 0.0781. The fraction of sp³-hybridized carbons (Fsp3) is 0.545. The average molecular weight is 290 g/mol. The number of halogens is 3. The molecule has 20 heavy (non-hydrogen) atoms. The highest BCUT2D eigenvalue weighted by Crippen LogP contribution is 2.27. The lowest BCUT2D eigenvalue weighted by Gasteiger charge is -2.09. The first-order valence-corrected chi connectivity index (χ1v) is 6.11. The van der Waals surface area contributed by atoms with Crippen LogP contribution in [0.4, 0.5) is 19.1 Å². The summed E-state index contributed by atoms with van der Waals surface area (Å²) < 4.78 is 37.3. The van der Waals surface area contributed by atoms with Crippen molar-refractivity contribution in [2.24, 2.45) is 10.7 Å². The number of alkyl halides is 3. The van der Waals surface area contributed by atoms with Crippen LogP contribution >= 0.6 is 0 Å². The molecule has 0 aliphatic heterocycles. The molecule has 1 aromatic rings. The number of nitrogens with one attached hydrogen (secondary N) is 2. The lowest BCUT2D eigenvalue weighted by Crippen LogP contribution is -2.35. The van der Waals surface area contributed by atoms with Gasteiger partial charge in [-0.05, 0) is 12.5 Å². The lowest BCUT2D eigenvalue weighted by atomic mass is 10.4. The van der Waals surface area contributed by atoms with E-state index in [9.17, 15) is 13.2 Å². The molecule has 6 nitrogen and oxygen atoms in total. The monoisotopic (exact) mass is 290 g/mol. The van der Waals surface area contributed by atoms with Crippen molar-refractivity contribution < 1.29 is 13.2 Å². The zero-order chi connectivity index (χ0) is 15.0. The standard InChI is InChI=1S/C11H17F3N6/c1-2-4-16-9(15)17-6-7-19-10-18-5-3-8(20-10)11(12,13)14/h3,5H,2,4,6-7H2,1H3,(H3,15,16,17)(H,18,19,20). The second-order valence-corrected chi connectivity index (χ2v) is 3.88. The van der Waals surface area contributed by atoms with Crippen molar-refractivity contribution in [1.82, 2.24) is 15.3 Å². The van der Waals surface area contributed by atoms with Crippen molar-refractivity contribution in [2.75, 3.05) is 25.0 Å². The Morgan fingerprint density at radius 1 is 1.40 bits per heavy atom. The van der Waals surface area contributed by atoms with Crippen LogP contribution in [0.2, 0.25) is 0 Å². The third-order valence-electron chi connectivity index (χ3n) is 2.17. The Labute approximate surface area is 114 Å². The van der Waals surface area contributed by atoms with Gasteiger partial charge >= 0.3 is 6.18 Å². The summed E-state index contributed by atoms with van der Waals surface area (Å²) in [6.07, 6.45) is -2.53. The van der Waals surface area contributed by atoms with Gasteiger partial charge in [-0.3, -0.25) is 4.99 Å². The van der Waals surface area contributed by atoms with E-state index in [-0.39, 0.29) is 5.95 Å². The molecule has 0 bridgehead atoms. The van der Waals surface area contributed by atoms with Crippen LogP contribution in [0.15, 0.2) is 17.3 Å². The van der Waals surface area contributed by atoms with Crippen LogP contribution in [0.1, 0.15) is 19.0 Å². The largest absolute Gasteiger partial charge is 0.433 e. The summed E-state index contributed by atoms with van der Waals surface area (Å²) in [6, 6.07) is 0.818. The third kappa shape index (κ3) is 5.72. The van der Waals surface area contributed by atoms with Gasteiger partial charge in [-0.25, -0.2) is 9.97 Å². The number of rotatable bonds is 6. The molecule has 0 aromatic carbocycles. The summed E-state index contributed by atoms with van der Waals surface area (Å²) in [5.74, 6) is 0.226. The number of hydrogen-bond acceptors (Lipinski definition) is 4. The minimum atomic E-state index is -4.48. The van der Waals surface area contributed by atoms with Gasteiger partial charge in [0.2, 0.25) is 5.95 Å². The molecule has 0 aliphatic carbocycles. The smallest absolute Gasteiger partial charge is 0.370 e. The molecule has 1 aromatic heterocycles. The predicted octanol–water partition coefficient (Wildman–Crippen LogP) is 1.22. The average Bonchev–Trinajstić information content (AvgIpc) is 2.41. The molecule has 0 saturated carbocycles. The highest BCUT2D eigenvalue weighted by Gasteiger charge is 2.32. The summed E-state index contributed by atoms with van der Waals surface area (Å²) in [7, 11) is 0. The molecular formula is C11H17F3N6. The molecule has 0 fully saturated rings. The van der Waals surface area contributed by atoms with Crippen LogP contribution in [0.3, 0.4) is 0 Å². The molecule has 112 valence electrons. The van der Waals surface area contributed by atoms with Crippen LogP contribution in [-0.4, -0.2) is 35.6 Å². The fourth-order valence-corrected chi connectivity index (χ4v) is 1.25. The Hall–Kier alpha value is -2.06. The zero-order valence-corrected chi connectivity index (χ0v) is 11.0. The van der Waals surface area contributed by atoms with Gasteiger partial charge in [0.25, 0.3) is 0 Å². The molecule has 0 radical (unpaired) electrons. The van der Waals surface area contributed by atoms with E-state index in [0.717, 1.165) is 18.7 Å². The Bertz CT molecular complexity index is 446. The predicted molar refractivity (Wildman–Crippen MR) is 70.3 cm³/mol. The lowest BCUT2D eigenvalue weighted by molar-refractivity contribution is -0.141. The molecular weight excluding hydrogens is 273 g/mol. The Morgan fingerprint density at radius 2 is 2.15 bits per heavy atom. The van der Waals surface area contributed by atoms with E-state index >= 15 is 0 Å². The molecule has 0 aliphatic rings. The molecule has 1 heterocycles. The van der Waals surface area contributed by atoms with Crippen LogP contribution in [0.25, 0.3) is 0 Å². The number of anilines is 1. The first-order valence-electron chi connectivity index (χ1n) is 6.11. The first-order chi connectivity index (χ1) is 9.43. The summed E-state index contributed by atoms with van der Waals surface area (Å²) in [4.78, 5) is 11.1. The Balaban J connectivity index is 2.39. The van der Waals surface area contributed by atoms with Gasteiger partial charge in [-0.15, -0.1) is 0 Å².